The van der Waals surface area contributed by atoms with Crippen LogP contribution in [0.5, 0.6) is 5.75 Å². The standard InChI is InChI=1S/C25H24N4O3/c1-32-23-7-3-2-6-20(23)22-14-28-24-21(22)10-17(13-27-24)16-9-18(12-26-11-16)25(31)29-8-4-5-19(29)15-30/h2-3,6-7,9-14,19,30H,4-5,8,15H2,1H3,(H,27,28). The number of hydrogen-bond acceptors (Lipinski definition) is 5. The number of hydrogen-bond donors (Lipinski definition) is 2. The van der Waals surface area contributed by atoms with Gasteiger partial charge in [0.1, 0.15) is 11.4 Å². The number of nitrogens with zero attached hydrogens (tertiary/aromatic N) is 3. The van der Waals surface area contributed by atoms with Gasteiger partial charge in [-0.25, -0.2) is 4.98 Å². The minimum Gasteiger partial charge on any atom is -0.496 e. The molecule has 4 aromatic rings. The minimum atomic E-state index is -0.118. The van der Waals surface area contributed by atoms with Crippen LogP contribution in [0.25, 0.3) is 33.3 Å². The van der Waals surface area contributed by atoms with Crippen LogP contribution in [0.15, 0.2) is 61.2 Å². The highest BCUT2D eigenvalue weighted by molar-refractivity contribution is 5.98. The number of carbonyl (C=O) groups is 1. The minimum absolute atomic E-state index is 0.0152. The van der Waals surface area contributed by atoms with Crippen LogP contribution in [-0.2, 0) is 0 Å². The number of para-hydroxylation sites is 1. The maximum absolute atomic E-state index is 13.0. The SMILES string of the molecule is COc1ccccc1-c1c[nH]c2ncc(-c3cncc(C(=O)N4CCCC4CO)c3)cc12. The van der Waals surface area contributed by atoms with E-state index in [9.17, 15) is 9.90 Å². The molecule has 1 aromatic carbocycles. The molecule has 1 saturated heterocycles. The molecule has 7 nitrogen and oxygen atoms in total. The molecule has 1 fully saturated rings. The number of benzene rings is 1. The van der Waals surface area contributed by atoms with Crippen LogP contribution in [0.2, 0.25) is 0 Å². The van der Waals surface area contributed by atoms with E-state index in [4.69, 9.17) is 4.74 Å². The van der Waals surface area contributed by atoms with E-state index >= 15 is 0 Å². The number of pyridine rings is 2. The summed E-state index contributed by atoms with van der Waals surface area (Å²) >= 11 is 0. The summed E-state index contributed by atoms with van der Waals surface area (Å²) in [5.74, 6) is 0.693. The molecule has 0 bridgehead atoms. The smallest absolute Gasteiger partial charge is 0.255 e. The molecule has 0 radical (unpaired) electrons. The van der Waals surface area contributed by atoms with Crippen molar-refractivity contribution in [3.63, 3.8) is 0 Å². The van der Waals surface area contributed by atoms with Crippen molar-refractivity contribution in [1.29, 1.82) is 0 Å². The van der Waals surface area contributed by atoms with Crippen molar-refractivity contribution >= 4 is 16.9 Å². The Bertz CT molecular complexity index is 1280. The van der Waals surface area contributed by atoms with Gasteiger partial charge < -0.3 is 19.7 Å². The number of amides is 1. The summed E-state index contributed by atoms with van der Waals surface area (Å²) in [6.45, 7) is 0.645. The van der Waals surface area contributed by atoms with E-state index in [1.165, 1.54) is 0 Å². The van der Waals surface area contributed by atoms with Crippen LogP contribution in [-0.4, -0.2) is 57.2 Å². The number of carbonyl (C=O) groups excluding carboxylic acids is 1. The lowest BCUT2D eigenvalue weighted by Gasteiger charge is -2.23. The van der Waals surface area contributed by atoms with Crippen molar-refractivity contribution in [1.82, 2.24) is 19.9 Å². The summed E-state index contributed by atoms with van der Waals surface area (Å²) in [5.41, 5.74) is 4.95. The summed E-state index contributed by atoms with van der Waals surface area (Å²) in [7, 11) is 1.66. The second kappa shape index (κ2) is 8.43. The van der Waals surface area contributed by atoms with E-state index in [0.29, 0.717) is 12.1 Å². The van der Waals surface area contributed by atoms with Crippen molar-refractivity contribution in [3.8, 4) is 28.0 Å². The van der Waals surface area contributed by atoms with Crippen molar-refractivity contribution in [3.05, 3.63) is 66.7 Å². The molecule has 0 spiro atoms. The molecular formula is C25H24N4O3. The van der Waals surface area contributed by atoms with Crippen LogP contribution in [0.3, 0.4) is 0 Å². The fraction of sp³-hybridized carbons (Fsp3) is 0.240. The third-order valence-electron chi connectivity index (χ3n) is 6.10. The Morgan fingerprint density at radius 3 is 2.88 bits per heavy atom. The van der Waals surface area contributed by atoms with Gasteiger partial charge in [-0.2, -0.15) is 0 Å². The topological polar surface area (TPSA) is 91.3 Å². The molecule has 162 valence electrons. The summed E-state index contributed by atoms with van der Waals surface area (Å²) in [4.78, 5) is 26.9. The number of aromatic amines is 1. The van der Waals surface area contributed by atoms with Crippen LogP contribution < -0.4 is 4.74 Å². The summed E-state index contributed by atoms with van der Waals surface area (Å²) < 4.78 is 5.54. The van der Waals surface area contributed by atoms with Gasteiger partial charge in [-0.15, -0.1) is 0 Å². The molecular weight excluding hydrogens is 404 g/mol. The maximum Gasteiger partial charge on any atom is 0.255 e. The van der Waals surface area contributed by atoms with Gasteiger partial charge in [0.25, 0.3) is 5.91 Å². The van der Waals surface area contributed by atoms with Crippen LogP contribution in [0.1, 0.15) is 23.2 Å². The zero-order valence-electron chi connectivity index (χ0n) is 17.8. The van der Waals surface area contributed by atoms with Crippen molar-refractivity contribution in [2.45, 2.75) is 18.9 Å². The number of nitrogens with one attached hydrogen (secondary N) is 1. The summed E-state index contributed by atoms with van der Waals surface area (Å²) in [6, 6.07) is 11.7. The van der Waals surface area contributed by atoms with E-state index < -0.39 is 0 Å². The Morgan fingerprint density at radius 1 is 1.19 bits per heavy atom. The number of aliphatic hydroxyl groups is 1. The van der Waals surface area contributed by atoms with E-state index in [2.05, 4.69) is 21.0 Å². The van der Waals surface area contributed by atoms with Crippen molar-refractivity contribution < 1.29 is 14.6 Å². The van der Waals surface area contributed by atoms with Gasteiger partial charge in [-0.3, -0.25) is 9.78 Å². The fourth-order valence-electron chi connectivity index (χ4n) is 4.42. The van der Waals surface area contributed by atoms with Gasteiger partial charge in [0.05, 0.1) is 25.3 Å². The van der Waals surface area contributed by atoms with Crippen LogP contribution in [0, 0.1) is 0 Å². The number of ether oxygens (including phenoxy) is 1. The lowest BCUT2D eigenvalue weighted by Crippen LogP contribution is -2.37. The first kappa shape index (κ1) is 20.2. The molecule has 0 saturated carbocycles. The zero-order chi connectivity index (χ0) is 22.1. The maximum atomic E-state index is 13.0. The van der Waals surface area contributed by atoms with E-state index in [1.807, 2.05) is 36.5 Å². The molecule has 1 atom stereocenters. The average Bonchev–Trinajstić information content (AvgIpc) is 3.50. The van der Waals surface area contributed by atoms with Gasteiger partial charge in [0.15, 0.2) is 0 Å². The Morgan fingerprint density at radius 2 is 2.03 bits per heavy atom. The number of likely N-dealkylation sites (tertiary alicyclic amines) is 1. The Balaban J connectivity index is 1.53. The molecule has 0 aliphatic carbocycles. The molecule has 1 aliphatic rings. The molecule has 5 rings (SSSR count). The highest BCUT2D eigenvalue weighted by atomic mass is 16.5. The number of methoxy groups -OCH3 is 1. The van der Waals surface area contributed by atoms with Crippen LogP contribution >= 0.6 is 0 Å². The second-order valence-electron chi connectivity index (χ2n) is 7.96. The highest BCUT2D eigenvalue weighted by Crippen LogP contribution is 2.36. The summed E-state index contributed by atoms with van der Waals surface area (Å²) in [5, 5.41) is 10.5. The molecule has 1 amide bonds. The number of aliphatic hydroxyl groups excluding tert-OH is 1. The van der Waals surface area contributed by atoms with Crippen LogP contribution in [0.4, 0.5) is 0 Å². The quantitative estimate of drug-likeness (QED) is 0.503. The first-order valence-corrected chi connectivity index (χ1v) is 10.7. The zero-order valence-corrected chi connectivity index (χ0v) is 17.8. The number of fused-ring (bicyclic) bond motifs is 1. The molecule has 4 heterocycles. The molecule has 2 N–H and O–H groups in total. The van der Waals surface area contributed by atoms with E-state index in [1.54, 1.807) is 30.6 Å². The first-order chi connectivity index (χ1) is 15.7. The van der Waals surface area contributed by atoms with Gasteiger partial charge in [0.2, 0.25) is 0 Å². The Labute approximate surface area is 185 Å². The number of rotatable bonds is 5. The van der Waals surface area contributed by atoms with Gasteiger partial charge >= 0.3 is 0 Å². The lowest BCUT2D eigenvalue weighted by molar-refractivity contribution is 0.0677. The lowest BCUT2D eigenvalue weighted by atomic mass is 10.0. The average molecular weight is 428 g/mol. The molecule has 7 heteroatoms. The molecule has 3 aromatic heterocycles. The van der Waals surface area contributed by atoms with E-state index in [-0.39, 0.29) is 18.6 Å². The second-order valence-corrected chi connectivity index (χ2v) is 7.96. The fourth-order valence-corrected chi connectivity index (χ4v) is 4.42. The van der Waals surface area contributed by atoms with E-state index in [0.717, 1.165) is 51.9 Å². The normalized spacial score (nSPS) is 15.9. The van der Waals surface area contributed by atoms with Gasteiger partial charge in [0, 0.05) is 59.0 Å². The Hall–Kier alpha value is -3.71. The van der Waals surface area contributed by atoms with Crippen molar-refractivity contribution in [2.75, 3.05) is 20.3 Å². The molecule has 32 heavy (non-hydrogen) atoms. The van der Waals surface area contributed by atoms with Crippen molar-refractivity contribution in [2.24, 2.45) is 0 Å². The molecule has 1 unspecified atom stereocenters. The number of aromatic nitrogens is 3. The first-order valence-electron chi connectivity index (χ1n) is 10.7. The summed E-state index contributed by atoms with van der Waals surface area (Å²) in [6.07, 6.45) is 8.77. The highest BCUT2D eigenvalue weighted by Gasteiger charge is 2.29. The van der Waals surface area contributed by atoms with Gasteiger partial charge in [-0.05, 0) is 31.0 Å². The third kappa shape index (κ3) is 3.50. The third-order valence-corrected chi connectivity index (χ3v) is 6.10. The predicted molar refractivity (Wildman–Crippen MR) is 122 cm³/mol. The Kier molecular flexibility index (Phi) is 5.33. The number of H-pyrrole nitrogens is 1. The largest absolute Gasteiger partial charge is 0.496 e. The predicted octanol–water partition coefficient (Wildman–Crippen LogP) is 3.90. The van der Waals surface area contributed by atoms with Gasteiger partial charge in [-0.1, -0.05) is 18.2 Å². The monoisotopic (exact) mass is 428 g/mol. The molecule has 1 aliphatic heterocycles.